The van der Waals surface area contributed by atoms with E-state index >= 15 is 0 Å². The summed E-state index contributed by atoms with van der Waals surface area (Å²) in [5.41, 5.74) is 1.37. The molecule has 1 heterocycles. The Balaban J connectivity index is 2.95. The normalized spacial score (nSPS) is 10.2. The van der Waals surface area contributed by atoms with Gasteiger partial charge < -0.3 is 0 Å². The number of fused-ring (bicyclic) bond motifs is 1. The highest BCUT2D eigenvalue weighted by Gasteiger charge is 2.12. The first-order valence-corrected chi connectivity index (χ1v) is 4.73. The Kier molecular flexibility index (Phi) is 2.08. The molecule has 64 valence electrons. The number of aromatic nitrogens is 2. The van der Waals surface area contributed by atoms with Crippen molar-refractivity contribution in [3.05, 3.63) is 21.7 Å². The Hall–Kier alpha value is -0.890. The fourth-order valence-electron chi connectivity index (χ4n) is 0.957. The Morgan fingerprint density at radius 3 is 2.69 bits per heavy atom. The highest BCUT2D eigenvalue weighted by atomic mass is 35.5. The van der Waals surface area contributed by atoms with Crippen LogP contribution in [0.2, 0.25) is 10.0 Å². The molecule has 0 radical (unpaired) electrons. The van der Waals surface area contributed by atoms with E-state index in [9.17, 15) is 0 Å². The van der Waals surface area contributed by atoms with Crippen LogP contribution in [0.25, 0.3) is 11.0 Å². The van der Waals surface area contributed by atoms with Crippen LogP contribution in [-0.2, 0) is 0 Å². The molecule has 13 heavy (non-hydrogen) atoms. The fraction of sp³-hybridized carbons (Fsp3) is 0. The average Bonchev–Trinajstić information content (AvgIpc) is 2.60. The standard InChI is InChI=1S/C7HCl2N3S/c8-4-1-3(2-10)5(9)7-6(4)11-13-12-7/h1H. The van der Waals surface area contributed by atoms with E-state index in [2.05, 4.69) is 8.75 Å². The Bertz CT molecular complexity index is 514. The minimum absolute atomic E-state index is 0.315. The summed E-state index contributed by atoms with van der Waals surface area (Å²) >= 11 is 12.7. The largest absolute Gasteiger partial charge is 0.192 e. The second-order valence-electron chi connectivity index (χ2n) is 2.29. The molecule has 0 amide bonds. The van der Waals surface area contributed by atoms with Gasteiger partial charge in [-0.3, -0.25) is 0 Å². The highest BCUT2D eigenvalue weighted by Crippen LogP contribution is 2.31. The molecule has 1 aromatic heterocycles. The molecule has 0 N–H and O–H groups in total. The maximum Gasteiger partial charge on any atom is 0.126 e. The van der Waals surface area contributed by atoms with Gasteiger partial charge in [-0.1, -0.05) is 23.2 Å². The SMILES string of the molecule is N#Cc1cc(Cl)c2nsnc2c1Cl. The maximum atomic E-state index is 8.70. The van der Waals surface area contributed by atoms with Gasteiger partial charge in [0.2, 0.25) is 0 Å². The Morgan fingerprint density at radius 1 is 1.31 bits per heavy atom. The lowest BCUT2D eigenvalue weighted by molar-refractivity contribution is 1.49. The summed E-state index contributed by atoms with van der Waals surface area (Å²) in [4.78, 5) is 0. The zero-order valence-electron chi connectivity index (χ0n) is 6.08. The summed E-state index contributed by atoms with van der Waals surface area (Å²) in [7, 11) is 0. The molecular formula is C7HCl2N3S. The molecular weight excluding hydrogens is 229 g/mol. The van der Waals surface area contributed by atoms with Crippen LogP contribution in [-0.4, -0.2) is 8.75 Å². The summed E-state index contributed by atoms with van der Waals surface area (Å²) in [5.74, 6) is 0. The molecule has 0 aliphatic carbocycles. The van der Waals surface area contributed by atoms with Crippen molar-refractivity contribution in [2.75, 3.05) is 0 Å². The van der Waals surface area contributed by atoms with Crippen LogP contribution in [0.3, 0.4) is 0 Å². The molecule has 0 fully saturated rings. The number of benzene rings is 1. The summed E-state index contributed by atoms with van der Waals surface area (Å²) in [6.45, 7) is 0. The van der Waals surface area contributed by atoms with E-state index in [-0.39, 0.29) is 0 Å². The molecule has 2 rings (SSSR count). The first-order chi connectivity index (χ1) is 6.24. The van der Waals surface area contributed by atoms with E-state index in [0.717, 1.165) is 11.7 Å². The molecule has 0 aliphatic rings. The number of nitriles is 1. The molecule has 2 aromatic rings. The van der Waals surface area contributed by atoms with Crippen LogP contribution in [0.5, 0.6) is 0 Å². The molecule has 3 nitrogen and oxygen atoms in total. The zero-order valence-corrected chi connectivity index (χ0v) is 8.41. The quantitative estimate of drug-likeness (QED) is 0.699. The van der Waals surface area contributed by atoms with Crippen molar-refractivity contribution < 1.29 is 0 Å². The van der Waals surface area contributed by atoms with Crippen LogP contribution in [0.15, 0.2) is 6.07 Å². The molecule has 0 atom stereocenters. The Labute approximate surface area is 87.8 Å². The molecule has 0 bridgehead atoms. The van der Waals surface area contributed by atoms with Crippen molar-refractivity contribution in [2.24, 2.45) is 0 Å². The zero-order chi connectivity index (χ0) is 9.42. The second-order valence-corrected chi connectivity index (χ2v) is 3.61. The minimum atomic E-state index is 0.315. The summed E-state index contributed by atoms with van der Waals surface area (Å²) in [5, 5.41) is 9.42. The molecule has 1 aromatic carbocycles. The Morgan fingerprint density at radius 2 is 2.00 bits per heavy atom. The highest BCUT2D eigenvalue weighted by molar-refractivity contribution is 7.00. The number of rotatable bonds is 0. The third-order valence-corrected chi connectivity index (χ3v) is 2.75. The fourth-order valence-corrected chi connectivity index (χ4v) is 2.09. The smallest absolute Gasteiger partial charge is 0.126 e. The van der Waals surface area contributed by atoms with Crippen molar-refractivity contribution in [3.8, 4) is 6.07 Å². The lowest BCUT2D eigenvalue weighted by atomic mass is 10.2. The van der Waals surface area contributed by atoms with Crippen LogP contribution >= 0.6 is 34.9 Å². The van der Waals surface area contributed by atoms with E-state index in [1.54, 1.807) is 0 Å². The number of hydrogen-bond acceptors (Lipinski definition) is 4. The third kappa shape index (κ3) is 1.25. The van der Waals surface area contributed by atoms with Crippen molar-refractivity contribution in [1.82, 2.24) is 8.75 Å². The summed E-state index contributed by atoms with van der Waals surface area (Å²) in [6.07, 6.45) is 0. The first-order valence-electron chi connectivity index (χ1n) is 3.24. The van der Waals surface area contributed by atoms with E-state index < -0.39 is 0 Å². The monoisotopic (exact) mass is 229 g/mol. The van der Waals surface area contributed by atoms with Crippen molar-refractivity contribution in [2.45, 2.75) is 0 Å². The predicted molar refractivity (Wildman–Crippen MR) is 52.2 cm³/mol. The third-order valence-electron chi connectivity index (χ3n) is 1.55. The van der Waals surface area contributed by atoms with Crippen molar-refractivity contribution in [1.29, 1.82) is 5.26 Å². The maximum absolute atomic E-state index is 8.70. The lowest BCUT2D eigenvalue weighted by Gasteiger charge is -1.96. The van der Waals surface area contributed by atoms with Crippen molar-refractivity contribution >= 4 is 46.0 Å². The molecule has 0 spiro atoms. The van der Waals surface area contributed by atoms with Crippen LogP contribution < -0.4 is 0 Å². The van der Waals surface area contributed by atoms with E-state index in [1.807, 2.05) is 6.07 Å². The second kappa shape index (κ2) is 3.11. The molecule has 0 saturated heterocycles. The van der Waals surface area contributed by atoms with Gasteiger partial charge in [-0.2, -0.15) is 14.0 Å². The number of nitrogens with zero attached hydrogens (tertiary/aromatic N) is 3. The topological polar surface area (TPSA) is 49.6 Å². The average molecular weight is 230 g/mol. The van der Waals surface area contributed by atoms with Gasteiger partial charge in [0.05, 0.1) is 27.3 Å². The molecule has 0 aliphatic heterocycles. The van der Waals surface area contributed by atoms with E-state index in [4.69, 9.17) is 28.5 Å². The molecule has 0 saturated carbocycles. The van der Waals surface area contributed by atoms with Gasteiger partial charge in [0, 0.05) is 0 Å². The molecule has 6 heteroatoms. The minimum Gasteiger partial charge on any atom is -0.192 e. The van der Waals surface area contributed by atoms with Gasteiger partial charge in [-0.05, 0) is 6.07 Å². The van der Waals surface area contributed by atoms with Crippen LogP contribution in [0.4, 0.5) is 0 Å². The lowest BCUT2D eigenvalue weighted by Crippen LogP contribution is -1.81. The summed E-state index contributed by atoms with van der Waals surface area (Å²) in [6, 6.07) is 3.43. The molecule has 0 unspecified atom stereocenters. The van der Waals surface area contributed by atoms with Gasteiger partial charge in [-0.25, -0.2) is 0 Å². The van der Waals surface area contributed by atoms with E-state index in [0.29, 0.717) is 26.6 Å². The van der Waals surface area contributed by atoms with Crippen LogP contribution in [0.1, 0.15) is 5.56 Å². The van der Waals surface area contributed by atoms with E-state index in [1.165, 1.54) is 6.07 Å². The summed E-state index contributed by atoms with van der Waals surface area (Å²) < 4.78 is 7.91. The number of hydrogen-bond donors (Lipinski definition) is 0. The van der Waals surface area contributed by atoms with Gasteiger partial charge in [0.15, 0.2) is 0 Å². The first kappa shape index (κ1) is 8.70. The number of halogens is 2. The van der Waals surface area contributed by atoms with Crippen LogP contribution in [0, 0.1) is 11.3 Å². The van der Waals surface area contributed by atoms with Gasteiger partial charge in [0.25, 0.3) is 0 Å². The van der Waals surface area contributed by atoms with Gasteiger partial charge >= 0.3 is 0 Å². The van der Waals surface area contributed by atoms with Crippen molar-refractivity contribution in [3.63, 3.8) is 0 Å². The predicted octanol–water partition coefficient (Wildman–Crippen LogP) is 2.87. The van der Waals surface area contributed by atoms with Gasteiger partial charge in [0.1, 0.15) is 17.1 Å². The van der Waals surface area contributed by atoms with Gasteiger partial charge in [-0.15, -0.1) is 0 Å².